The number of hydrogen-bond acceptors (Lipinski definition) is 6. The molecule has 276 valence electrons. The van der Waals surface area contributed by atoms with Crippen molar-refractivity contribution in [3.05, 3.63) is 131 Å². The molecule has 54 heavy (non-hydrogen) atoms. The van der Waals surface area contributed by atoms with E-state index < -0.39 is 0 Å². The maximum atomic E-state index is 6.17. The van der Waals surface area contributed by atoms with Crippen LogP contribution in [0.3, 0.4) is 0 Å². The van der Waals surface area contributed by atoms with Crippen LogP contribution in [0.4, 0.5) is 22.7 Å². The molecule has 0 aliphatic carbocycles. The van der Waals surface area contributed by atoms with Gasteiger partial charge in [-0.1, -0.05) is 51.3 Å². The molecule has 0 aliphatic heterocycles. The molecule has 0 aliphatic rings. The fourth-order valence-electron chi connectivity index (χ4n) is 6.09. The summed E-state index contributed by atoms with van der Waals surface area (Å²) in [5.41, 5.74) is 41.5. The van der Waals surface area contributed by atoms with E-state index >= 15 is 0 Å². The van der Waals surface area contributed by atoms with Gasteiger partial charge in [-0.25, -0.2) is 9.97 Å². The average molecular weight is 791 g/mol. The van der Waals surface area contributed by atoms with E-state index in [0.29, 0.717) is 0 Å². The van der Waals surface area contributed by atoms with Gasteiger partial charge >= 0.3 is 51.4 Å². The fourth-order valence-corrected chi connectivity index (χ4v) is 6.09. The van der Waals surface area contributed by atoms with Crippen LogP contribution in [0.1, 0.15) is 37.1 Å². The van der Waals surface area contributed by atoms with Gasteiger partial charge in [0, 0.05) is 71.3 Å². The Morgan fingerprint density at radius 3 is 0.852 bits per heavy atom. The van der Waals surface area contributed by atoms with Crippen molar-refractivity contribution in [3.63, 3.8) is 0 Å². The van der Waals surface area contributed by atoms with Gasteiger partial charge in [0.1, 0.15) is 22.1 Å². The van der Waals surface area contributed by atoms with Gasteiger partial charge in [-0.2, -0.15) is 0 Å². The summed E-state index contributed by atoms with van der Waals surface area (Å²) >= 11 is 0. The quantitative estimate of drug-likeness (QED) is 0.0709. The topological polar surface area (TPSA) is 169 Å². The number of para-hydroxylation sites is 2. The van der Waals surface area contributed by atoms with E-state index in [9.17, 15) is 0 Å². The summed E-state index contributed by atoms with van der Waals surface area (Å²) < 4.78 is 4.34. The van der Waals surface area contributed by atoms with Crippen molar-refractivity contribution >= 4 is 66.9 Å². The summed E-state index contributed by atoms with van der Waals surface area (Å²) in [5.74, 6) is 0. The Morgan fingerprint density at radius 2 is 0.630 bits per heavy atom. The molecule has 9 nitrogen and oxygen atoms in total. The number of fused-ring (bicyclic) bond motifs is 4. The maximum Gasteiger partial charge on any atom is 1.00 e. The summed E-state index contributed by atoms with van der Waals surface area (Å²) in [5, 5.41) is 0. The van der Waals surface area contributed by atoms with E-state index in [0.717, 1.165) is 101 Å². The first-order valence-corrected chi connectivity index (χ1v) is 15.8. The molecule has 0 amide bonds. The number of nitrogens with two attached hydrogens (primary N) is 4. The minimum absolute atomic E-state index is 0. The van der Waals surface area contributed by atoms with Crippen molar-refractivity contribution in [3.8, 4) is 11.4 Å². The number of hydrogen-bond donors (Lipinski definition) is 4. The van der Waals surface area contributed by atoms with Crippen LogP contribution in [0, 0.1) is 27.7 Å². The first kappa shape index (κ1) is 47.9. The second-order valence-electron chi connectivity index (χ2n) is 12.4. The van der Waals surface area contributed by atoms with Gasteiger partial charge < -0.3 is 53.2 Å². The molecule has 8 rings (SSSR count). The molecule has 0 spiro atoms. The van der Waals surface area contributed by atoms with Crippen molar-refractivity contribution < 1.29 is 90.8 Å². The van der Waals surface area contributed by atoms with Crippen LogP contribution in [-0.2, 0) is 0 Å². The smallest absolute Gasteiger partial charge is 1.00 e. The Kier molecular flexibility index (Phi) is 17.3. The summed E-state index contributed by atoms with van der Waals surface area (Å²) in [7, 11) is 0. The Hall–Kier alpha value is -4.10. The normalized spacial score (nSPS) is 10.0. The molecule has 0 saturated carbocycles. The van der Waals surface area contributed by atoms with Crippen LogP contribution < -0.4 is 108 Å². The summed E-state index contributed by atoms with van der Waals surface area (Å²) in [6.45, 7) is 8.01. The van der Waals surface area contributed by atoms with E-state index in [1.165, 1.54) is 0 Å². The number of aryl methyl sites for hydroxylation is 4. The largest absolute Gasteiger partial charge is 1.00 e. The van der Waals surface area contributed by atoms with Crippen molar-refractivity contribution in [2.75, 3.05) is 22.9 Å². The number of benzene rings is 6. The first-order chi connectivity index (χ1) is 23.1. The van der Waals surface area contributed by atoms with Crippen LogP contribution in [0.5, 0.6) is 0 Å². The third-order valence-electron chi connectivity index (χ3n) is 8.93. The number of aromatic nitrogens is 4. The van der Waals surface area contributed by atoms with Gasteiger partial charge in [0.25, 0.3) is 0 Å². The Bertz CT molecular complexity index is 2240. The summed E-state index contributed by atoms with van der Waals surface area (Å²) in [6.07, 6.45) is 0. The maximum absolute atomic E-state index is 6.17. The van der Waals surface area contributed by atoms with Crippen molar-refractivity contribution in [1.29, 1.82) is 0 Å². The summed E-state index contributed by atoms with van der Waals surface area (Å²) in [4.78, 5) is 9.67. The van der Waals surface area contributed by atoms with Crippen molar-refractivity contribution in [2.24, 2.45) is 0 Å². The van der Waals surface area contributed by atoms with E-state index in [-0.39, 0.29) is 96.5 Å². The van der Waals surface area contributed by atoms with Gasteiger partial charge in [0.05, 0.1) is 0 Å². The average Bonchev–Trinajstić information content (AvgIpc) is 3.07. The minimum Gasteiger partial charge on any atom is -1.00 e. The Balaban J connectivity index is 0.000000486. The van der Waals surface area contributed by atoms with E-state index in [2.05, 4.69) is 33.4 Å². The number of rotatable bonds is 2. The third-order valence-corrected chi connectivity index (χ3v) is 8.93. The second-order valence-corrected chi connectivity index (χ2v) is 12.4. The van der Waals surface area contributed by atoms with Crippen molar-refractivity contribution in [1.82, 2.24) is 9.97 Å². The number of nitrogens with zero attached hydrogens (tertiary/aromatic N) is 4. The van der Waals surface area contributed by atoms with E-state index in [1.54, 1.807) is 0 Å². The summed E-state index contributed by atoms with van der Waals surface area (Å²) in [6, 6.07) is 36.5. The molecule has 6 aromatic carbocycles. The van der Waals surface area contributed by atoms with Crippen molar-refractivity contribution in [2.45, 2.75) is 42.5 Å². The van der Waals surface area contributed by atoms with Gasteiger partial charge in [0.2, 0.25) is 33.4 Å². The molecule has 0 radical (unpaired) electrons. The van der Waals surface area contributed by atoms with Gasteiger partial charge in [0.15, 0.2) is 0 Å². The van der Waals surface area contributed by atoms with Gasteiger partial charge in [-0.15, -0.1) is 9.13 Å². The Morgan fingerprint density at radius 1 is 0.407 bits per heavy atom. The van der Waals surface area contributed by atoms with E-state index in [1.807, 2.05) is 113 Å². The van der Waals surface area contributed by atoms with E-state index in [4.69, 9.17) is 32.9 Å². The predicted molar refractivity (Wildman–Crippen MR) is 215 cm³/mol. The number of anilines is 4. The van der Waals surface area contributed by atoms with Crippen LogP contribution in [0.25, 0.3) is 55.5 Å². The first-order valence-electron chi connectivity index (χ1n) is 15.8. The minimum atomic E-state index is 0. The molecule has 0 unspecified atom stereocenters. The second kappa shape index (κ2) is 19.5. The molecule has 8 aromatic rings. The number of nitrogen functional groups attached to an aromatic ring is 4. The molecule has 12 heteroatoms. The molecule has 0 saturated heterocycles. The van der Waals surface area contributed by atoms with Gasteiger partial charge in [-0.3, -0.25) is 0 Å². The zero-order chi connectivity index (χ0) is 33.7. The zero-order valence-corrected chi connectivity index (χ0v) is 34.4. The molecule has 2 heterocycles. The molecular weight excluding hydrogens is 743 g/mol. The van der Waals surface area contributed by atoms with Crippen LogP contribution in [0.2, 0.25) is 0 Å². The van der Waals surface area contributed by atoms with Gasteiger partial charge in [-0.05, 0) is 74.2 Å². The molecular formula is C42H48Cl2KN8O+. The molecule has 10 N–H and O–H groups in total. The molecule has 2 aromatic heterocycles. The van der Waals surface area contributed by atoms with Crippen LogP contribution in [0.15, 0.2) is 109 Å². The standard InChI is InChI=1S/2C20H18N4.2CH4.2ClH.K.H2O/c2*1-12-8-17-19(10-15(12)21)24(14-6-4-3-5-7-14)20-11-16(22)13(2)9-18(20)23-17;;;;;;/h2*3-11H,1-2H3,(H3,21,22);2*1H4;2*1H;;1H2/q;;;;;;+1;. The molecule has 0 fully saturated rings. The Labute approximate surface area is 372 Å². The SMILES string of the molecule is C.C.Cc1cc2nc3cc(C)c(N)cc3[n+](-c3ccccc3)c2cc1N.Cc1cc2nc3cc(C)c(N)cc3[n+](-c3ccccc3)c2cc1N.O.[Cl-].[Cl-].[K+]. The molecule has 0 bridgehead atoms. The predicted octanol–water partition coefficient (Wildman–Crippen LogP) is -1.65. The van der Waals surface area contributed by atoms with Crippen LogP contribution in [-0.4, -0.2) is 15.4 Å². The number of halogens is 2. The van der Waals surface area contributed by atoms with Crippen LogP contribution >= 0.6 is 0 Å². The third kappa shape index (κ3) is 9.05. The zero-order valence-electron chi connectivity index (χ0n) is 29.7. The fraction of sp³-hybridized carbons (Fsp3) is 0.143. The monoisotopic (exact) mass is 789 g/mol. The molecule has 0 atom stereocenters.